The van der Waals surface area contributed by atoms with Gasteiger partial charge in [-0.15, -0.1) is 0 Å². The van der Waals surface area contributed by atoms with E-state index in [0.29, 0.717) is 47.7 Å². The summed E-state index contributed by atoms with van der Waals surface area (Å²) in [4.78, 5) is 33.0. The fourth-order valence-electron chi connectivity index (χ4n) is 7.30. The summed E-state index contributed by atoms with van der Waals surface area (Å²) in [5.74, 6) is 0.326. The van der Waals surface area contributed by atoms with Gasteiger partial charge in [-0.2, -0.15) is 5.10 Å². The maximum absolute atomic E-state index is 15.7. The highest BCUT2D eigenvalue weighted by Gasteiger charge is 2.35. The minimum absolute atomic E-state index is 0.129. The molecule has 2 aliphatic heterocycles. The topological polar surface area (TPSA) is 110 Å². The van der Waals surface area contributed by atoms with E-state index in [-0.39, 0.29) is 29.0 Å². The number of carbonyl (C=O) groups is 1. The maximum atomic E-state index is 15.7. The van der Waals surface area contributed by atoms with Gasteiger partial charge < -0.3 is 15.4 Å². The molecule has 2 N–H and O–H groups in total. The minimum atomic E-state index is -0.525. The van der Waals surface area contributed by atoms with Crippen molar-refractivity contribution in [2.24, 2.45) is 0 Å². The molecule has 4 aromatic rings. The molecule has 1 atom stereocenters. The Morgan fingerprint density at radius 1 is 1.00 bits per heavy atom. The van der Waals surface area contributed by atoms with Crippen LogP contribution in [0.1, 0.15) is 52.0 Å². The van der Waals surface area contributed by atoms with Crippen molar-refractivity contribution < 1.29 is 13.9 Å². The van der Waals surface area contributed by atoms with Gasteiger partial charge in [-0.1, -0.05) is 30.7 Å². The monoisotopic (exact) mass is 663 g/mol. The zero-order chi connectivity index (χ0) is 34.1. The summed E-state index contributed by atoms with van der Waals surface area (Å²) >= 11 is 0. The second-order valence-corrected chi connectivity index (χ2v) is 13.8. The summed E-state index contributed by atoms with van der Waals surface area (Å²) in [5.41, 5.74) is 7.06. The Bertz CT molecular complexity index is 1910. The summed E-state index contributed by atoms with van der Waals surface area (Å²) in [6, 6.07) is 14.3. The van der Waals surface area contributed by atoms with E-state index in [1.165, 1.54) is 31.7 Å². The van der Waals surface area contributed by atoms with Crippen LogP contribution >= 0.6 is 0 Å². The van der Waals surface area contributed by atoms with Crippen molar-refractivity contribution >= 4 is 22.8 Å². The highest BCUT2D eigenvalue weighted by molar-refractivity contribution is 5.98. The number of halogens is 1. The first kappa shape index (κ1) is 32.7. The molecule has 1 aliphatic carbocycles. The molecule has 1 saturated carbocycles. The van der Waals surface area contributed by atoms with Gasteiger partial charge in [0.25, 0.3) is 5.91 Å². The van der Waals surface area contributed by atoms with Crippen molar-refractivity contribution in [2.75, 3.05) is 45.0 Å². The molecule has 11 nitrogen and oxygen atoms in total. The van der Waals surface area contributed by atoms with Gasteiger partial charge in [-0.3, -0.25) is 14.6 Å². The van der Waals surface area contributed by atoms with E-state index in [2.05, 4.69) is 38.5 Å². The number of ether oxygens (including phenoxy) is 1. The highest BCUT2D eigenvalue weighted by atomic mass is 19.1. The molecule has 1 amide bonds. The lowest BCUT2D eigenvalue weighted by atomic mass is 9.90. The molecule has 7 rings (SSSR count). The Morgan fingerprint density at radius 2 is 1.76 bits per heavy atom. The van der Waals surface area contributed by atoms with Crippen molar-refractivity contribution in [3.05, 3.63) is 83.9 Å². The molecular formula is C37H42FN9O2. The largest absolute Gasteiger partial charge is 0.457 e. The number of amides is 1. The van der Waals surface area contributed by atoms with Crippen LogP contribution in [0.25, 0.3) is 27.1 Å². The number of para-hydroxylation sites is 1. The number of piperazine rings is 1. The Morgan fingerprint density at radius 3 is 2.45 bits per heavy atom. The molecule has 3 fully saturated rings. The molecule has 2 aromatic heterocycles. The standard InChI is InChI=1S/C37H42FN9O2/c1-37(2,46-19-17-44(18-20-46)25-9-7-10-25)22-31(40-3)36(48)45-16-8-11-26(23-45)47-35-32(34(39)41-24-42-35)33(43-47)29-15-14-28(21-30(29)38)49-27-12-5-4-6-13-27/h4-6,12-15,21-22,24-26H,7-11,16-20,23H2,1-2H3,(H2,39,41,42)/t26-/m1/s1. The van der Waals surface area contributed by atoms with E-state index in [9.17, 15) is 4.79 Å². The quantitative estimate of drug-likeness (QED) is 0.183. The Hall–Kier alpha value is -4.86. The number of rotatable bonds is 8. The molecule has 0 unspecified atom stereocenters. The Labute approximate surface area is 286 Å². The molecule has 0 spiro atoms. The van der Waals surface area contributed by atoms with Crippen LogP contribution in [0.3, 0.4) is 0 Å². The van der Waals surface area contributed by atoms with E-state index in [1.54, 1.807) is 33.8 Å². The number of anilines is 1. The second-order valence-electron chi connectivity index (χ2n) is 13.8. The van der Waals surface area contributed by atoms with E-state index < -0.39 is 11.4 Å². The number of nitrogens with two attached hydrogens (primary N) is 1. The zero-order valence-electron chi connectivity index (χ0n) is 28.1. The molecule has 3 aliphatic rings. The third kappa shape index (κ3) is 6.60. The number of aromatic nitrogens is 4. The number of nitrogens with zero attached hydrogens (tertiary/aromatic N) is 8. The number of carbonyl (C=O) groups excluding carboxylic acids is 1. The Balaban J connectivity index is 1.11. The number of fused-ring (bicyclic) bond motifs is 1. The van der Waals surface area contributed by atoms with Gasteiger partial charge in [0.15, 0.2) is 5.65 Å². The molecule has 12 heteroatoms. The van der Waals surface area contributed by atoms with Gasteiger partial charge in [-0.05, 0) is 63.8 Å². The molecule has 2 saturated heterocycles. The summed E-state index contributed by atoms with van der Waals surface area (Å²) < 4.78 is 23.2. The van der Waals surface area contributed by atoms with Crippen molar-refractivity contribution in [1.29, 1.82) is 0 Å². The number of hydrogen-bond acceptors (Lipinski definition) is 8. The van der Waals surface area contributed by atoms with E-state index in [4.69, 9.17) is 22.1 Å². The summed E-state index contributed by atoms with van der Waals surface area (Å²) in [6.45, 7) is 16.8. The lowest BCUT2D eigenvalue weighted by molar-refractivity contribution is -0.128. The molecule has 254 valence electrons. The van der Waals surface area contributed by atoms with E-state index >= 15 is 4.39 Å². The normalized spacial score (nSPS) is 19.8. The van der Waals surface area contributed by atoms with Gasteiger partial charge in [0.2, 0.25) is 5.70 Å². The van der Waals surface area contributed by atoms with Crippen LogP contribution in [0.2, 0.25) is 0 Å². The molecule has 0 radical (unpaired) electrons. The number of hydrogen-bond donors (Lipinski definition) is 1. The first-order valence-electron chi connectivity index (χ1n) is 17.1. The summed E-state index contributed by atoms with van der Waals surface area (Å²) in [6.07, 6.45) is 8.56. The fourth-order valence-corrected chi connectivity index (χ4v) is 7.30. The van der Waals surface area contributed by atoms with Crippen molar-refractivity contribution in [2.45, 2.75) is 63.6 Å². The fraction of sp³-hybridized carbons (Fsp3) is 0.432. The minimum Gasteiger partial charge on any atom is -0.457 e. The Kier molecular flexibility index (Phi) is 9.05. The summed E-state index contributed by atoms with van der Waals surface area (Å²) in [5, 5.41) is 5.30. The van der Waals surface area contributed by atoms with Gasteiger partial charge in [0, 0.05) is 62.5 Å². The van der Waals surface area contributed by atoms with Crippen molar-refractivity contribution in [3.63, 3.8) is 0 Å². The van der Waals surface area contributed by atoms with Crippen LogP contribution in [0, 0.1) is 12.4 Å². The first-order valence-corrected chi connectivity index (χ1v) is 17.1. The molecule has 0 bridgehead atoms. The second kappa shape index (κ2) is 13.6. The maximum Gasteiger partial charge on any atom is 0.252 e. The molecule has 4 heterocycles. The first-order chi connectivity index (χ1) is 23.7. The number of likely N-dealkylation sites (tertiary alicyclic amines) is 1. The lowest BCUT2D eigenvalue weighted by Crippen LogP contribution is -2.57. The van der Waals surface area contributed by atoms with E-state index in [0.717, 1.165) is 38.6 Å². The predicted octanol–water partition coefficient (Wildman–Crippen LogP) is 5.92. The number of nitrogen functional groups attached to an aromatic ring is 1. The van der Waals surface area contributed by atoms with Crippen LogP contribution < -0.4 is 10.5 Å². The third-order valence-electron chi connectivity index (χ3n) is 10.3. The van der Waals surface area contributed by atoms with Crippen molar-refractivity contribution in [1.82, 2.24) is 34.4 Å². The lowest BCUT2D eigenvalue weighted by Gasteiger charge is -2.47. The van der Waals surface area contributed by atoms with E-state index in [1.807, 2.05) is 24.3 Å². The zero-order valence-corrected chi connectivity index (χ0v) is 28.1. The highest BCUT2D eigenvalue weighted by Crippen LogP contribution is 2.37. The van der Waals surface area contributed by atoms with Crippen LogP contribution in [0.4, 0.5) is 10.2 Å². The third-order valence-corrected chi connectivity index (χ3v) is 10.3. The molecule has 49 heavy (non-hydrogen) atoms. The van der Waals surface area contributed by atoms with Crippen LogP contribution in [-0.4, -0.2) is 91.2 Å². The predicted molar refractivity (Wildman–Crippen MR) is 186 cm³/mol. The van der Waals surface area contributed by atoms with Crippen molar-refractivity contribution in [3.8, 4) is 22.8 Å². The SMILES string of the molecule is [C-]#[N+]C(=CC(C)(C)N1CCN(C2CCC2)CC1)C(=O)N1CCC[C@@H](n2nc(-c3ccc(Oc4ccccc4)cc3F)c3c(N)ncnc32)C1. The van der Waals surface area contributed by atoms with Crippen LogP contribution in [0.5, 0.6) is 11.5 Å². The van der Waals surface area contributed by atoms with Gasteiger partial charge in [-0.25, -0.2) is 23.9 Å². The molecular weight excluding hydrogens is 621 g/mol. The smallest absolute Gasteiger partial charge is 0.252 e. The van der Waals surface area contributed by atoms with Crippen LogP contribution in [0.15, 0.2) is 66.6 Å². The number of piperidine rings is 1. The summed E-state index contributed by atoms with van der Waals surface area (Å²) in [7, 11) is 0. The van der Waals surface area contributed by atoms with Gasteiger partial charge >= 0.3 is 0 Å². The van der Waals surface area contributed by atoms with Gasteiger partial charge in [0.1, 0.15) is 35.2 Å². The molecule has 2 aromatic carbocycles. The average Bonchev–Trinajstić information content (AvgIpc) is 3.48. The van der Waals surface area contributed by atoms with Crippen LogP contribution in [-0.2, 0) is 4.79 Å². The average molecular weight is 664 g/mol. The van der Waals surface area contributed by atoms with Gasteiger partial charge in [0.05, 0.1) is 18.0 Å². The number of benzene rings is 2.